The van der Waals surface area contributed by atoms with Gasteiger partial charge in [-0.3, -0.25) is 0 Å². The van der Waals surface area contributed by atoms with Crippen LogP contribution in [-0.4, -0.2) is 49.6 Å². The van der Waals surface area contributed by atoms with Gasteiger partial charge in [0, 0.05) is 23.1 Å². The first-order valence-electron chi connectivity index (χ1n) is 10.8. The highest BCUT2D eigenvalue weighted by Crippen LogP contribution is 2.39. The van der Waals surface area contributed by atoms with E-state index in [0.29, 0.717) is 35.1 Å². The van der Waals surface area contributed by atoms with Gasteiger partial charge in [0.25, 0.3) is 5.89 Å². The Morgan fingerprint density at radius 3 is 2.88 bits per heavy atom. The molecule has 4 rings (SSSR count). The molecule has 0 saturated heterocycles. The molecule has 162 valence electrons. The third-order valence-electron chi connectivity index (χ3n) is 5.70. The zero-order chi connectivity index (χ0) is 22.9. The molecule has 0 aliphatic heterocycles. The summed E-state index contributed by atoms with van der Waals surface area (Å²) in [6, 6.07) is 13.6. The molecule has 2 aromatic carbocycles. The maximum absolute atomic E-state index is 9.57. The van der Waals surface area contributed by atoms with E-state index in [2.05, 4.69) is 35.4 Å². The van der Waals surface area contributed by atoms with Gasteiger partial charge in [-0.2, -0.15) is 10.2 Å². The molecule has 0 saturated carbocycles. The van der Waals surface area contributed by atoms with Crippen molar-refractivity contribution in [3.63, 3.8) is 0 Å². The van der Waals surface area contributed by atoms with Gasteiger partial charge in [0.15, 0.2) is 7.85 Å². The average Bonchev–Trinajstić information content (AvgIpc) is 3.37. The van der Waals surface area contributed by atoms with Gasteiger partial charge < -0.3 is 19.7 Å². The standard InChI is InChI=1S/C23H26B2N4O3/c1-22(2,24)31-19-7-6-14(12-15(19)13-26)21-28-20(29-32-21)17-4-3-5-18-16(17)8-9-23(18,25)27-10-11-30/h3-7,12,27,30H,8-11,24-25H2,1-2H3/t23-/m0/s1. The summed E-state index contributed by atoms with van der Waals surface area (Å²) >= 11 is 0. The van der Waals surface area contributed by atoms with Gasteiger partial charge >= 0.3 is 0 Å². The third kappa shape index (κ3) is 4.29. The molecule has 0 amide bonds. The number of nitriles is 1. The van der Waals surface area contributed by atoms with Crippen LogP contribution in [0.15, 0.2) is 40.9 Å². The van der Waals surface area contributed by atoms with Crippen molar-refractivity contribution in [3.05, 3.63) is 53.1 Å². The summed E-state index contributed by atoms with van der Waals surface area (Å²) in [7, 11) is 4.10. The fourth-order valence-corrected chi connectivity index (χ4v) is 4.23. The summed E-state index contributed by atoms with van der Waals surface area (Å²) < 4.78 is 11.4. The Labute approximate surface area is 189 Å². The molecule has 0 radical (unpaired) electrons. The Morgan fingerprint density at radius 1 is 1.34 bits per heavy atom. The number of aliphatic hydroxyl groups excluding tert-OH is 1. The van der Waals surface area contributed by atoms with Crippen LogP contribution in [0.3, 0.4) is 0 Å². The predicted molar refractivity (Wildman–Crippen MR) is 127 cm³/mol. The van der Waals surface area contributed by atoms with Gasteiger partial charge in [-0.15, -0.1) is 0 Å². The maximum atomic E-state index is 9.57. The number of aromatic nitrogens is 2. The molecule has 9 heteroatoms. The maximum Gasteiger partial charge on any atom is 0.258 e. The van der Waals surface area contributed by atoms with Crippen molar-refractivity contribution in [2.24, 2.45) is 0 Å². The van der Waals surface area contributed by atoms with Crippen molar-refractivity contribution in [3.8, 4) is 34.7 Å². The van der Waals surface area contributed by atoms with E-state index < -0.39 is 5.50 Å². The number of rotatable bonds is 7. The lowest BCUT2D eigenvalue weighted by molar-refractivity contribution is 0.197. The van der Waals surface area contributed by atoms with Gasteiger partial charge in [-0.1, -0.05) is 23.4 Å². The largest absolute Gasteiger partial charge is 0.496 e. The van der Waals surface area contributed by atoms with Crippen LogP contribution in [0.4, 0.5) is 0 Å². The molecule has 0 bridgehead atoms. The Bertz CT molecular complexity index is 1180. The fourth-order valence-electron chi connectivity index (χ4n) is 4.23. The molecule has 1 atom stereocenters. The monoisotopic (exact) mass is 428 g/mol. The smallest absolute Gasteiger partial charge is 0.258 e. The second kappa shape index (κ2) is 8.45. The summed E-state index contributed by atoms with van der Waals surface area (Å²) in [5.41, 5.74) is 3.83. The Hall–Kier alpha value is -3.08. The van der Waals surface area contributed by atoms with E-state index in [1.165, 1.54) is 11.1 Å². The second-order valence-corrected chi connectivity index (χ2v) is 9.27. The van der Waals surface area contributed by atoms with Crippen LogP contribution in [0.1, 0.15) is 37.0 Å². The molecule has 1 heterocycles. The number of nitrogens with one attached hydrogen (secondary N) is 1. The lowest BCUT2D eigenvalue weighted by atomic mass is 9.73. The van der Waals surface area contributed by atoms with Crippen LogP contribution in [0.2, 0.25) is 0 Å². The van der Waals surface area contributed by atoms with Crippen molar-refractivity contribution in [1.29, 1.82) is 5.26 Å². The Balaban J connectivity index is 1.66. The van der Waals surface area contributed by atoms with Crippen LogP contribution in [-0.2, 0) is 11.9 Å². The molecule has 3 aromatic rings. The van der Waals surface area contributed by atoms with Gasteiger partial charge in [0.2, 0.25) is 5.82 Å². The average molecular weight is 428 g/mol. The minimum Gasteiger partial charge on any atom is -0.496 e. The van der Waals surface area contributed by atoms with Crippen molar-refractivity contribution in [2.45, 2.75) is 37.6 Å². The summed E-state index contributed by atoms with van der Waals surface area (Å²) in [5, 5.41) is 26.5. The van der Waals surface area contributed by atoms with Crippen LogP contribution >= 0.6 is 0 Å². The van der Waals surface area contributed by atoms with Crippen molar-refractivity contribution in [1.82, 2.24) is 15.5 Å². The lowest BCUT2D eigenvalue weighted by Crippen LogP contribution is -2.42. The minimum atomic E-state index is -0.404. The molecule has 0 fully saturated rings. The van der Waals surface area contributed by atoms with E-state index in [9.17, 15) is 10.4 Å². The van der Waals surface area contributed by atoms with Gasteiger partial charge in [-0.05, 0) is 56.0 Å². The van der Waals surface area contributed by atoms with Gasteiger partial charge in [0.1, 0.15) is 19.7 Å². The minimum absolute atomic E-state index is 0.100. The topological polar surface area (TPSA) is 104 Å². The van der Waals surface area contributed by atoms with E-state index in [1.54, 1.807) is 12.1 Å². The highest BCUT2D eigenvalue weighted by molar-refractivity contribution is 6.16. The number of benzene rings is 2. The molecular weight excluding hydrogens is 402 g/mol. The first-order chi connectivity index (χ1) is 15.2. The normalized spacial score (nSPS) is 17.7. The number of ether oxygens (including phenoxy) is 1. The van der Waals surface area contributed by atoms with Crippen LogP contribution < -0.4 is 10.1 Å². The predicted octanol–water partition coefficient (Wildman–Crippen LogP) is 1.34. The molecule has 0 unspecified atom stereocenters. The SMILES string of the molecule is BC(C)(C)Oc1ccc(-c2nc(-c3cccc4c3CC[C@]4(B)NCCO)no2)cc1C#N. The van der Waals surface area contributed by atoms with Gasteiger partial charge in [-0.25, -0.2) is 0 Å². The summed E-state index contributed by atoms with van der Waals surface area (Å²) in [5.74, 6) is 1.41. The van der Waals surface area contributed by atoms with Crippen LogP contribution in [0, 0.1) is 11.3 Å². The number of hydrogen-bond acceptors (Lipinski definition) is 7. The fraction of sp³-hybridized carbons (Fsp3) is 0.348. The molecular formula is C23H26B2N4O3. The lowest BCUT2D eigenvalue weighted by Gasteiger charge is -2.27. The van der Waals surface area contributed by atoms with Crippen molar-refractivity contribution >= 4 is 15.7 Å². The molecule has 32 heavy (non-hydrogen) atoms. The zero-order valence-corrected chi connectivity index (χ0v) is 18.9. The van der Waals surface area contributed by atoms with E-state index in [1.807, 2.05) is 39.9 Å². The summed E-state index contributed by atoms with van der Waals surface area (Å²) in [6.45, 7) is 4.52. The van der Waals surface area contributed by atoms with E-state index in [-0.39, 0.29) is 12.0 Å². The number of fused-ring (bicyclic) bond motifs is 1. The van der Waals surface area contributed by atoms with E-state index >= 15 is 0 Å². The first kappa shape index (κ1) is 22.1. The van der Waals surface area contributed by atoms with E-state index in [4.69, 9.17) is 9.26 Å². The third-order valence-corrected chi connectivity index (χ3v) is 5.70. The molecule has 0 spiro atoms. The number of aliphatic hydroxyl groups is 1. The van der Waals surface area contributed by atoms with Gasteiger partial charge in [0.05, 0.1) is 17.7 Å². The molecule has 2 N–H and O–H groups in total. The Kier molecular flexibility index (Phi) is 5.85. The summed E-state index contributed by atoms with van der Waals surface area (Å²) in [4.78, 5) is 4.63. The molecule has 1 aliphatic carbocycles. The quantitative estimate of drug-likeness (QED) is 0.548. The number of nitrogens with zero attached hydrogens (tertiary/aromatic N) is 3. The van der Waals surface area contributed by atoms with E-state index in [0.717, 1.165) is 18.4 Å². The highest BCUT2D eigenvalue weighted by Gasteiger charge is 2.35. The van der Waals surface area contributed by atoms with Crippen LogP contribution in [0.5, 0.6) is 5.75 Å². The van der Waals surface area contributed by atoms with Crippen molar-refractivity contribution < 1.29 is 14.4 Å². The molecule has 1 aromatic heterocycles. The molecule has 1 aliphatic rings. The van der Waals surface area contributed by atoms with Crippen LogP contribution in [0.25, 0.3) is 22.8 Å². The van der Waals surface area contributed by atoms with Crippen molar-refractivity contribution in [2.75, 3.05) is 13.2 Å². The zero-order valence-electron chi connectivity index (χ0n) is 18.9. The Morgan fingerprint density at radius 2 is 2.16 bits per heavy atom. The summed E-state index contributed by atoms with van der Waals surface area (Å²) in [6.07, 6.45) is 1.83. The second-order valence-electron chi connectivity index (χ2n) is 9.27. The number of hydrogen-bond donors (Lipinski definition) is 2. The highest BCUT2D eigenvalue weighted by atomic mass is 16.5. The molecule has 7 nitrogen and oxygen atoms in total. The first-order valence-corrected chi connectivity index (χ1v) is 10.8.